The Morgan fingerprint density at radius 2 is 1.76 bits per heavy atom. The largest absolute Gasteiger partial charge is 0.446 e. The van der Waals surface area contributed by atoms with Crippen LogP contribution in [0.4, 0.5) is 4.79 Å². The number of rotatable bonds is 15. The Morgan fingerprint density at radius 1 is 0.957 bits per heavy atom. The predicted molar refractivity (Wildman–Crippen MR) is 185 cm³/mol. The average Bonchev–Trinajstić information content (AvgIpc) is 3.56. The van der Waals surface area contributed by atoms with Crippen LogP contribution in [0.2, 0.25) is 0 Å². The first kappa shape index (κ1) is 36.2. The topological polar surface area (TPSA) is 88.0 Å². The number of carbonyl (C=O) groups excluding carboxylic acids is 1. The summed E-state index contributed by atoms with van der Waals surface area (Å²) in [6, 6.07) is 0. The summed E-state index contributed by atoms with van der Waals surface area (Å²) >= 11 is 0. The number of carbonyl (C=O) groups is 1. The molecule has 1 unspecified atom stereocenters. The zero-order valence-corrected chi connectivity index (χ0v) is 30.1. The van der Waals surface area contributed by atoms with E-state index in [0.29, 0.717) is 25.0 Å². The second-order valence-corrected chi connectivity index (χ2v) is 17.4. The van der Waals surface area contributed by atoms with Gasteiger partial charge in [-0.15, -0.1) is 0 Å². The van der Waals surface area contributed by atoms with Crippen molar-refractivity contribution in [3.8, 4) is 0 Å². The number of hydrogen-bond donors (Lipinski definition) is 3. The van der Waals surface area contributed by atoms with Gasteiger partial charge >= 0.3 is 6.09 Å². The van der Waals surface area contributed by atoms with Crippen molar-refractivity contribution < 1.29 is 24.5 Å². The summed E-state index contributed by atoms with van der Waals surface area (Å²) in [7, 11) is 0. The van der Waals surface area contributed by atoms with Gasteiger partial charge in [0.05, 0.1) is 12.2 Å². The van der Waals surface area contributed by atoms with Crippen molar-refractivity contribution in [1.29, 1.82) is 0 Å². The number of amides is 1. The van der Waals surface area contributed by atoms with Gasteiger partial charge in [0.25, 0.3) is 0 Å². The second kappa shape index (κ2) is 16.1. The lowest BCUT2D eigenvalue weighted by molar-refractivity contribution is -0.0581. The first-order valence-corrected chi connectivity index (χ1v) is 19.6. The van der Waals surface area contributed by atoms with Gasteiger partial charge in [-0.25, -0.2) is 4.79 Å². The summed E-state index contributed by atoms with van der Waals surface area (Å²) in [5, 5.41) is 22.2. The summed E-state index contributed by atoms with van der Waals surface area (Å²) in [4.78, 5) is 12.7. The quantitative estimate of drug-likeness (QED) is 0.123. The van der Waals surface area contributed by atoms with E-state index in [2.05, 4.69) is 46.0 Å². The van der Waals surface area contributed by atoms with Crippen LogP contribution in [0.1, 0.15) is 144 Å². The van der Waals surface area contributed by atoms with Crippen molar-refractivity contribution in [2.75, 3.05) is 19.8 Å². The number of ether oxygens (including phenoxy) is 2. The standard InChI is InChI=1S/C40H69NO5/c1-27(2)11-10-12-28(3)34-15-16-35-33-14-13-30-24-31(17-19-39(30,4)36(33)18-20-40(34,35)5)46-38(44)41-21-8-6-7-9-22-45-32-23-29(26-42)37(43)25-32/h13,27-29,31-37,42-43H,6-12,14-26H2,1-5H3,(H,41,44)/t28-,29+,31-,32+,33?,34+,35+,36+,37+,39-,40+/m0/s1. The molecule has 5 aliphatic carbocycles. The van der Waals surface area contributed by atoms with E-state index in [9.17, 15) is 15.0 Å². The van der Waals surface area contributed by atoms with Crippen LogP contribution in [0.15, 0.2) is 11.6 Å². The fourth-order valence-corrected chi connectivity index (χ4v) is 11.4. The van der Waals surface area contributed by atoms with Crippen LogP contribution in [-0.2, 0) is 9.47 Å². The molecule has 5 aliphatic rings. The zero-order valence-electron chi connectivity index (χ0n) is 30.1. The van der Waals surface area contributed by atoms with Crippen LogP contribution < -0.4 is 5.32 Å². The number of unbranched alkanes of at least 4 members (excludes halogenated alkanes) is 3. The third-order valence-electron chi connectivity index (χ3n) is 14.1. The molecule has 0 spiro atoms. The normalized spacial score (nSPS) is 39.3. The molecule has 0 aromatic carbocycles. The van der Waals surface area contributed by atoms with Crippen LogP contribution >= 0.6 is 0 Å². The number of aliphatic hydroxyl groups excluding tert-OH is 2. The number of hydrogen-bond acceptors (Lipinski definition) is 5. The Morgan fingerprint density at radius 3 is 2.52 bits per heavy atom. The van der Waals surface area contributed by atoms with Gasteiger partial charge in [-0.3, -0.25) is 0 Å². The molecule has 6 heteroatoms. The summed E-state index contributed by atoms with van der Waals surface area (Å²) in [6.45, 7) is 13.9. The monoisotopic (exact) mass is 644 g/mol. The second-order valence-electron chi connectivity index (χ2n) is 17.4. The van der Waals surface area contributed by atoms with E-state index in [0.717, 1.165) is 86.9 Å². The minimum atomic E-state index is -0.433. The van der Waals surface area contributed by atoms with E-state index in [1.807, 2.05) is 0 Å². The maximum Gasteiger partial charge on any atom is 0.407 e. The predicted octanol–water partition coefficient (Wildman–Crippen LogP) is 8.83. The molecule has 0 aromatic heterocycles. The number of alkyl carbamates (subject to hydrolysis) is 1. The first-order chi connectivity index (χ1) is 22.0. The minimum Gasteiger partial charge on any atom is -0.446 e. The molecule has 46 heavy (non-hydrogen) atoms. The molecule has 264 valence electrons. The molecule has 0 aromatic rings. The Balaban J connectivity index is 1.01. The van der Waals surface area contributed by atoms with E-state index in [-0.39, 0.29) is 36.2 Å². The highest BCUT2D eigenvalue weighted by molar-refractivity contribution is 5.67. The number of nitrogens with one attached hydrogen (secondary N) is 1. The molecular formula is C40H69NO5. The Bertz CT molecular complexity index is 1010. The molecule has 0 bridgehead atoms. The smallest absolute Gasteiger partial charge is 0.407 e. The van der Waals surface area contributed by atoms with Crippen LogP contribution in [0.3, 0.4) is 0 Å². The third kappa shape index (κ3) is 8.19. The maximum absolute atomic E-state index is 12.7. The third-order valence-corrected chi connectivity index (χ3v) is 14.1. The Hall–Kier alpha value is -1.11. The van der Waals surface area contributed by atoms with E-state index in [1.54, 1.807) is 5.57 Å². The van der Waals surface area contributed by atoms with Gasteiger partial charge in [-0.1, -0.05) is 78.4 Å². The van der Waals surface area contributed by atoms with Gasteiger partial charge in [0.1, 0.15) is 6.10 Å². The number of fused-ring (bicyclic) bond motifs is 5. The van der Waals surface area contributed by atoms with E-state index >= 15 is 0 Å². The summed E-state index contributed by atoms with van der Waals surface area (Å²) in [5.74, 6) is 5.06. The van der Waals surface area contributed by atoms with Crippen molar-refractivity contribution in [1.82, 2.24) is 5.32 Å². The van der Waals surface area contributed by atoms with Gasteiger partial charge in [-0.05, 0) is 117 Å². The molecule has 11 atom stereocenters. The van der Waals surface area contributed by atoms with Crippen LogP contribution in [-0.4, -0.2) is 54.4 Å². The van der Waals surface area contributed by atoms with E-state index < -0.39 is 6.10 Å². The van der Waals surface area contributed by atoms with Crippen molar-refractivity contribution in [3.05, 3.63) is 11.6 Å². The van der Waals surface area contributed by atoms with Crippen LogP contribution in [0.5, 0.6) is 0 Å². The van der Waals surface area contributed by atoms with Crippen LogP contribution in [0.25, 0.3) is 0 Å². The highest BCUT2D eigenvalue weighted by atomic mass is 16.6. The zero-order chi connectivity index (χ0) is 32.9. The molecule has 6 nitrogen and oxygen atoms in total. The summed E-state index contributed by atoms with van der Waals surface area (Å²) in [5.41, 5.74) is 2.39. The molecule has 4 fully saturated rings. The molecule has 0 saturated heterocycles. The van der Waals surface area contributed by atoms with Gasteiger partial charge in [0.2, 0.25) is 0 Å². The van der Waals surface area contributed by atoms with E-state index in [1.165, 1.54) is 51.4 Å². The molecule has 3 N–H and O–H groups in total. The van der Waals surface area contributed by atoms with Gasteiger partial charge in [-0.2, -0.15) is 0 Å². The molecule has 1 amide bonds. The average molecular weight is 644 g/mol. The maximum atomic E-state index is 12.7. The Labute approximate surface area is 281 Å². The highest BCUT2D eigenvalue weighted by Crippen LogP contribution is 2.67. The summed E-state index contributed by atoms with van der Waals surface area (Å²) in [6.07, 6.45) is 21.5. The first-order valence-electron chi connectivity index (χ1n) is 19.6. The lowest BCUT2D eigenvalue weighted by Gasteiger charge is -2.58. The van der Waals surface area contributed by atoms with Gasteiger partial charge < -0.3 is 25.0 Å². The molecular weight excluding hydrogens is 574 g/mol. The molecule has 4 saturated carbocycles. The lowest BCUT2D eigenvalue weighted by Crippen LogP contribution is -2.51. The fraction of sp³-hybridized carbons (Fsp3) is 0.925. The number of aliphatic hydroxyl groups is 2. The van der Waals surface area contributed by atoms with Crippen molar-refractivity contribution in [3.63, 3.8) is 0 Å². The molecule has 0 aliphatic heterocycles. The number of allylic oxidation sites excluding steroid dienone is 1. The molecule has 0 radical (unpaired) electrons. The summed E-state index contributed by atoms with van der Waals surface area (Å²) < 4.78 is 11.9. The molecule has 5 rings (SSSR count). The van der Waals surface area contributed by atoms with Gasteiger partial charge in [0, 0.05) is 32.1 Å². The molecule has 0 heterocycles. The minimum absolute atomic E-state index is 0.00367. The van der Waals surface area contributed by atoms with Crippen LogP contribution in [0, 0.1) is 52.3 Å². The SMILES string of the molecule is CC(C)CCC[C@H](C)[C@H]1CC[C@@H]2C3CC=C4C[C@@H](OC(=O)NCCCCCCO[C@@H]5C[C@H](CO)[C@H](O)C5)CC[C@]4(C)[C@@H]3CC[C@@]21C. The Kier molecular flexibility index (Phi) is 12.6. The van der Waals surface area contributed by atoms with Crippen molar-refractivity contribution >= 4 is 6.09 Å². The van der Waals surface area contributed by atoms with Gasteiger partial charge in [0.15, 0.2) is 0 Å². The highest BCUT2D eigenvalue weighted by Gasteiger charge is 2.59. The van der Waals surface area contributed by atoms with Crippen molar-refractivity contribution in [2.24, 2.45) is 52.3 Å². The van der Waals surface area contributed by atoms with Crippen molar-refractivity contribution in [2.45, 2.75) is 162 Å². The fourth-order valence-electron chi connectivity index (χ4n) is 11.4. The lowest BCUT2D eigenvalue weighted by atomic mass is 9.47. The van der Waals surface area contributed by atoms with E-state index in [4.69, 9.17) is 9.47 Å².